The molecule has 0 spiro atoms. The van der Waals surface area contributed by atoms with Gasteiger partial charge in [0.05, 0.1) is 21.2 Å². The van der Waals surface area contributed by atoms with Crippen LogP contribution in [0.25, 0.3) is 33.4 Å². The molecule has 0 unspecified atom stereocenters. The summed E-state index contributed by atoms with van der Waals surface area (Å²) in [5, 5.41) is 26.8. The maximum Gasteiger partial charge on any atom is 0.175 e. The van der Waals surface area contributed by atoms with E-state index >= 15 is 0 Å². The van der Waals surface area contributed by atoms with Gasteiger partial charge in [-0.05, 0) is 108 Å². The summed E-state index contributed by atoms with van der Waals surface area (Å²) in [6.07, 6.45) is 4.61. The molecule has 6 heterocycles. The lowest BCUT2D eigenvalue weighted by molar-refractivity contribution is 0.219. The Bertz CT molecular complexity index is 2510. The van der Waals surface area contributed by atoms with Crippen LogP contribution in [0.4, 0.5) is 0 Å². The van der Waals surface area contributed by atoms with Crippen molar-refractivity contribution in [2.75, 3.05) is 12.5 Å². The van der Waals surface area contributed by atoms with Gasteiger partial charge in [0.25, 0.3) is 0 Å². The molecule has 6 aromatic heterocycles. The van der Waals surface area contributed by atoms with Crippen molar-refractivity contribution in [1.29, 1.82) is 0 Å². The lowest BCUT2D eigenvalue weighted by Gasteiger charge is -2.10. The number of hydrogen-bond donors (Lipinski definition) is 2. The van der Waals surface area contributed by atoms with E-state index in [1.807, 2.05) is 93.0 Å². The van der Waals surface area contributed by atoms with E-state index in [1.54, 1.807) is 48.5 Å². The molecule has 0 saturated carbocycles. The lowest BCUT2D eigenvalue weighted by atomic mass is 10.2. The SMILES string of the molecule is CS(=O)(=O)c1ccc(-n2ccc3ccc([C@@H](O)c4cccs4)nc32)cc1.CS(=O)(=O)c1ccc(-n2ccc3ccc([C@H](O)c4cccs4)nc32)cc1. The largest absolute Gasteiger partial charge is 0.381 e. The average Bonchev–Trinajstić information content (AvgIpc) is 3.98. The van der Waals surface area contributed by atoms with Gasteiger partial charge in [-0.2, -0.15) is 0 Å². The van der Waals surface area contributed by atoms with E-state index in [2.05, 4.69) is 9.97 Å². The molecule has 2 N–H and O–H groups in total. The third kappa shape index (κ3) is 7.35. The summed E-state index contributed by atoms with van der Waals surface area (Å²) in [7, 11) is -6.46. The van der Waals surface area contributed by atoms with Crippen molar-refractivity contribution >= 4 is 64.4 Å². The Morgan fingerprint density at radius 3 is 1.25 bits per heavy atom. The fourth-order valence-electron chi connectivity index (χ4n) is 5.66. The zero-order valence-electron chi connectivity index (χ0n) is 27.8. The first-order chi connectivity index (χ1) is 24.9. The van der Waals surface area contributed by atoms with Crippen LogP contribution in [0.2, 0.25) is 0 Å². The molecule has 0 aliphatic heterocycles. The predicted octanol–water partition coefficient (Wildman–Crippen LogP) is 7.14. The maximum atomic E-state index is 11.6. The van der Waals surface area contributed by atoms with Crippen LogP contribution in [0, 0.1) is 0 Å². The maximum absolute atomic E-state index is 11.6. The van der Waals surface area contributed by atoms with Gasteiger partial charge in [-0.25, -0.2) is 26.8 Å². The van der Waals surface area contributed by atoms with Gasteiger partial charge in [-0.3, -0.25) is 0 Å². The summed E-state index contributed by atoms with van der Waals surface area (Å²) in [5.74, 6) is 0. The monoisotopic (exact) mass is 768 g/mol. The Kier molecular flexibility index (Phi) is 9.69. The molecule has 0 aliphatic carbocycles. The highest BCUT2D eigenvalue weighted by atomic mass is 32.2. The number of rotatable bonds is 8. The molecular formula is C38H32N4O6S4. The first kappa shape index (κ1) is 35.4. The van der Waals surface area contributed by atoms with Crippen molar-refractivity contribution in [1.82, 2.24) is 19.1 Å². The van der Waals surface area contributed by atoms with E-state index in [4.69, 9.17) is 0 Å². The van der Waals surface area contributed by atoms with Gasteiger partial charge >= 0.3 is 0 Å². The van der Waals surface area contributed by atoms with Crippen LogP contribution in [0.5, 0.6) is 0 Å². The molecule has 10 nitrogen and oxygen atoms in total. The Morgan fingerprint density at radius 1 is 0.538 bits per heavy atom. The van der Waals surface area contributed by atoms with E-state index < -0.39 is 31.9 Å². The number of nitrogens with zero attached hydrogens (tertiary/aromatic N) is 4. The van der Waals surface area contributed by atoms with Crippen molar-refractivity contribution in [2.45, 2.75) is 22.0 Å². The first-order valence-corrected chi connectivity index (χ1v) is 21.4. The molecule has 2 atom stereocenters. The fourth-order valence-corrected chi connectivity index (χ4v) is 8.36. The molecule has 14 heteroatoms. The van der Waals surface area contributed by atoms with E-state index in [1.165, 1.54) is 35.2 Å². The van der Waals surface area contributed by atoms with Crippen molar-refractivity contribution < 1.29 is 27.0 Å². The predicted molar refractivity (Wildman–Crippen MR) is 205 cm³/mol. The van der Waals surface area contributed by atoms with Crippen molar-refractivity contribution in [3.63, 3.8) is 0 Å². The van der Waals surface area contributed by atoms with Crippen molar-refractivity contribution in [3.8, 4) is 11.4 Å². The third-order valence-corrected chi connectivity index (χ3v) is 12.5. The molecule has 8 rings (SSSR count). The smallest absolute Gasteiger partial charge is 0.175 e. The van der Waals surface area contributed by atoms with Gasteiger partial charge in [0, 0.05) is 56.8 Å². The summed E-state index contributed by atoms with van der Waals surface area (Å²) >= 11 is 2.97. The molecule has 0 bridgehead atoms. The Labute approximate surface area is 308 Å². The molecule has 0 saturated heterocycles. The molecule has 52 heavy (non-hydrogen) atoms. The summed E-state index contributed by atoms with van der Waals surface area (Å²) < 4.78 is 50.3. The van der Waals surface area contributed by atoms with E-state index in [9.17, 15) is 27.0 Å². The molecule has 264 valence electrons. The molecular weight excluding hydrogens is 737 g/mol. The van der Waals surface area contributed by atoms with Gasteiger partial charge < -0.3 is 19.3 Å². The van der Waals surface area contributed by atoms with Gasteiger partial charge in [-0.15, -0.1) is 22.7 Å². The highest BCUT2D eigenvalue weighted by Gasteiger charge is 2.17. The standard InChI is InChI=1S/2C19H16N2O3S2/c2*1-26(23,24)15-7-5-14(6-8-15)21-11-10-13-4-9-16(20-19(13)21)18(22)17-3-2-12-25-17/h2*2-12,18,22H,1H3/t2*18-/m10/s1. The van der Waals surface area contributed by atoms with Crippen LogP contribution in [-0.2, 0) is 19.7 Å². The van der Waals surface area contributed by atoms with E-state index in [-0.39, 0.29) is 9.79 Å². The van der Waals surface area contributed by atoms with Crippen LogP contribution in [-0.4, -0.2) is 58.7 Å². The molecule has 2 aromatic carbocycles. The molecule has 8 aromatic rings. The number of benzene rings is 2. The van der Waals surface area contributed by atoms with Gasteiger partial charge in [0.15, 0.2) is 19.7 Å². The highest BCUT2D eigenvalue weighted by Crippen LogP contribution is 2.29. The number of pyridine rings is 2. The van der Waals surface area contributed by atoms with Crippen LogP contribution in [0.1, 0.15) is 33.4 Å². The normalized spacial score (nSPS) is 13.2. The van der Waals surface area contributed by atoms with Gasteiger partial charge in [0.1, 0.15) is 23.5 Å². The summed E-state index contributed by atoms with van der Waals surface area (Å²) in [5.41, 5.74) is 4.20. The number of thiophene rings is 2. The van der Waals surface area contributed by atoms with Crippen LogP contribution in [0.15, 0.2) is 142 Å². The fraction of sp³-hybridized carbons (Fsp3) is 0.105. The number of hydrogen-bond acceptors (Lipinski definition) is 10. The Balaban J connectivity index is 0.000000162. The zero-order valence-corrected chi connectivity index (χ0v) is 31.1. The molecule has 0 amide bonds. The quantitative estimate of drug-likeness (QED) is 0.166. The molecule has 0 aliphatic rings. The Hall–Kier alpha value is -4.96. The number of fused-ring (bicyclic) bond motifs is 2. The highest BCUT2D eigenvalue weighted by molar-refractivity contribution is 7.91. The summed E-state index contributed by atoms with van der Waals surface area (Å²) in [6.45, 7) is 0. The second kappa shape index (κ2) is 14.2. The second-order valence-corrected chi connectivity index (χ2v) is 18.0. The number of aliphatic hydroxyl groups excluding tert-OH is 2. The lowest BCUT2D eigenvalue weighted by Crippen LogP contribution is -2.03. The van der Waals surface area contributed by atoms with Gasteiger partial charge in [0.2, 0.25) is 0 Å². The second-order valence-electron chi connectivity index (χ2n) is 12.0. The number of aliphatic hydroxyl groups is 2. The number of sulfone groups is 2. The van der Waals surface area contributed by atoms with E-state index in [0.29, 0.717) is 22.7 Å². The van der Waals surface area contributed by atoms with Crippen molar-refractivity contribution in [3.05, 3.63) is 153 Å². The van der Waals surface area contributed by atoms with Crippen molar-refractivity contribution in [2.24, 2.45) is 0 Å². The minimum atomic E-state index is -3.23. The zero-order chi connectivity index (χ0) is 36.6. The molecule has 0 fully saturated rings. The van der Waals surface area contributed by atoms with Crippen LogP contribution >= 0.6 is 22.7 Å². The first-order valence-electron chi connectivity index (χ1n) is 15.9. The van der Waals surface area contributed by atoms with Crippen LogP contribution in [0.3, 0.4) is 0 Å². The van der Waals surface area contributed by atoms with Crippen LogP contribution < -0.4 is 0 Å². The minimum absolute atomic E-state index is 0.277. The minimum Gasteiger partial charge on any atom is -0.381 e. The summed E-state index contributed by atoms with van der Waals surface area (Å²) in [4.78, 5) is 11.5. The summed E-state index contributed by atoms with van der Waals surface area (Å²) in [6, 6.07) is 32.3. The van der Waals surface area contributed by atoms with E-state index in [0.717, 1.165) is 31.9 Å². The topological polar surface area (TPSA) is 144 Å². The molecule has 0 radical (unpaired) electrons. The third-order valence-electron chi connectivity index (χ3n) is 8.39. The average molecular weight is 769 g/mol. The van der Waals surface area contributed by atoms with Gasteiger partial charge in [-0.1, -0.05) is 12.1 Å². The Morgan fingerprint density at radius 2 is 0.923 bits per heavy atom. The number of aromatic nitrogens is 4.